The topological polar surface area (TPSA) is 0 Å². The molecule has 0 saturated heterocycles. The van der Waals surface area contributed by atoms with E-state index in [-0.39, 0.29) is 85.9 Å². The van der Waals surface area contributed by atoms with Crippen LogP contribution in [0.2, 0.25) is 0 Å². The predicted molar refractivity (Wildman–Crippen MR) is 85.6 cm³/mol. The van der Waals surface area contributed by atoms with E-state index in [1.165, 1.54) is 22.6 Å². The van der Waals surface area contributed by atoms with Crippen LogP contribution in [0.4, 0.5) is 0 Å². The summed E-state index contributed by atoms with van der Waals surface area (Å²) < 4.78 is 0. The molecule has 0 atom stereocenters. The van der Waals surface area contributed by atoms with Crippen LogP contribution in [0.1, 0.15) is 16.7 Å². The third kappa shape index (κ3) is 8.81. The molecule has 3 aromatic rings. The first-order valence-corrected chi connectivity index (χ1v) is 6.48. The van der Waals surface area contributed by atoms with Gasteiger partial charge in [0.25, 0.3) is 0 Å². The molecule has 0 heterocycles. The fourth-order valence-electron chi connectivity index (χ4n) is 2.31. The van der Waals surface area contributed by atoms with Gasteiger partial charge in [-0.15, -0.1) is 0 Å². The fraction of sp³-hybridized carbons (Fsp3) is 0. The van der Waals surface area contributed by atoms with Crippen LogP contribution in [0, 0.1) is 5.92 Å². The Bertz CT molecular complexity index is 542. The summed E-state index contributed by atoms with van der Waals surface area (Å²) in [4.78, 5) is 0. The Labute approximate surface area is 198 Å². The summed E-state index contributed by atoms with van der Waals surface area (Å²) in [5, 5.41) is 0. The van der Waals surface area contributed by atoms with Crippen molar-refractivity contribution in [3.05, 3.63) is 114 Å². The average molecular weight is 539 g/mol. The molecular formula is C19H15Cl5Sn. The molecule has 0 N–H and O–H groups in total. The van der Waals surface area contributed by atoms with Crippen LogP contribution >= 0.6 is 0 Å². The Morgan fingerprint density at radius 3 is 0.760 bits per heavy atom. The molecular weight excluding hydrogens is 524 g/mol. The van der Waals surface area contributed by atoms with E-state index >= 15 is 0 Å². The molecule has 0 aliphatic rings. The van der Waals surface area contributed by atoms with E-state index in [9.17, 15) is 0 Å². The first-order valence-electron chi connectivity index (χ1n) is 6.48. The minimum Gasteiger partial charge on any atom is -1.00 e. The van der Waals surface area contributed by atoms with Crippen LogP contribution in [0.3, 0.4) is 0 Å². The van der Waals surface area contributed by atoms with Crippen molar-refractivity contribution in [3.8, 4) is 0 Å². The summed E-state index contributed by atoms with van der Waals surface area (Å²) in [5.41, 5.74) is 3.75. The number of benzene rings is 3. The van der Waals surface area contributed by atoms with Gasteiger partial charge in [0.2, 0.25) is 0 Å². The van der Waals surface area contributed by atoms with Crippen LogP contribution in [0.15, 0.2) is 91.0 Å². The number of rotatable bonds is 3. The van der Waals surface area contributed by atoms with Gasteiger partial charge in [-0.05, 0) is 72.8 Å². The first-order chi connectivity index (χ1) is 9.45. The number of hydrogen-bond donors (Lipinski definition) is 0. The molecule has 0 amide bonds. The molecule has 130 valence electrons. The van der Waals surface area contributed by atoms with Gasteiger partial charge in [0.15, 0.2) is 0 Å². The van der Waals surface area contributed by atoms with E-state index in [1.807, 2.05) is 0 Å². The summed E-state index contributed by atoms with van der Waals surface area (Å²) in [6, 6.07) is 31.6. The SMILES string of the molecule is [Cl-].[Cl-].[Cl-].[Cl-].[Cl-].[Sn+4].c1ccc([C+](c2ccccc2)c2ccccc2)cc1. The summed E-state index contributed by atoms with van der Waals surface area (Å²) in [6.07, 6.45) is 0. The Kier molecular flexibility index (Phi) is 22.3. The van der Waals surface area contributed by atoms with E-state index in [0.717, 1.165) is 0 Å². The van der Waals surface area contributed by atoms with Gasteiger partial charge in [-0.1, -0.05) is 18.2 Å². The van der Waals surface area contributed by atoms with E-state index in [1.54, 1.807) is 0 Å². The van der Waals surface area contributed by atoms with Gasteiger partial charge in [0.05, 0.1) is 22.6 Å². The molecule has 0 spiro atoms. The second-order valence-corrected chi connectivity index (χ2v) is 4.47. The van der Waals surface area contributed by atoms with Gasteiger partial charge < -0.3 is 62.0 Å². The molecule has 0 aromatic heterocycles. The number of hydrogen-bond acceptors (Lipinski definition) is 0. The minimum atomic E-state index is 0. The van der Waals surface area contributed by atoms with Crippen LogP contribution in [0.5, 0.6) is 0 Å². The van der Waals surface area contributed by atoms with Crippen molar-refractivity contribution < 1.29 is 62.0 Å². The average Bonchev–Trinajstić information content (AvgIpc) is 2.51. The van der Waals surface area contributed by atoms with Crippen molar-refractivity contribution >= 4 is 23.9 Å². The normalized spacial score (nSPS) is 7.68. The van der Waals surface area contributed by atoms with Crippen molar-refractivity contribution in [2.45, 2.75) is 0 Å². The molecule has 0 fully saturated rings. The maximum atomic E-state index is 2.16. The molecule has 0 aliphatic carbocycles. The molecule has 0 radical (unpaired) electrons. The van der Waals surface area contributed by atoms with Crippen LogP contribution in [-0.4, -0.2) is 23.9 Å². The Hall–Kier alpha value is -0.221. The Morgan fingerprint density at radius 1 is 0.360 bits per heavy atom. The molecule has 3 aromatic carbocycles. The van der Waals surface area contributed by atoms with Crippen molar-refractivity contribution in [1.82, 2.24) is 0 Å². The molecule has 25 heavy (non-hydrogen) atoms. The number of halogens is 5. The van der Waals surface area contributed by atoms with E-state index < -0.39 is 0 Å². The summed E-state index contributed by atoms with van der Waals surface area (Å²) >= 11 is 0. The van der Waals surface area contributed by atoms with Gasteiger partial charge in [0.1, 0.15) is 0 Å². The Morgan fingerprint density at radius 2 is 0.560 bits per heavy atom. The van der Waals surface area contributed by atoms with Crippen molar-refractivity contribution in [2.75, 3.05) is 0 Å². The standard InChI is InChI=1S/C19H15.5ClH.Sn/c1-4-10-16(11-5-1)19(17-12-6-2-7-13-17)18-14-8-3-9-15-18;;;;;;/h1-15H;5*1H;/q+1;;;;;;+4/p-5. The zero-order valence-corrected chi connectivity index (χ0v) is 19.7. The molecule has 6 heteroatoms. The maximum absolute atomic E-state index is 2.16. The monoisotopic (exact) mass is 538 g/mol. The van der Waals surface area contributed by atoms with Gasteiger partial charge in [-0.2, -0.15) is 0 Å². The largest absolute Gasteiger partial charge is 4.00 e. The van der Waals surface area contributed by atoms with Crippen molar-refractivity contribution in [2.24, 2.45) is 0 Å². The van der Waals surface area contributed by atoms with Crippen molar-refractivity contribution in [1.29, 1.82) is 0 Å². The molecule has 0 nitrogen and oxygen atoms in total. The summed E-state index contributed by atoms with van der Waals surface area (Å²) in [7, 11) is 0. The second kappa shape index (κ2) is 17.2. The quantitative estimate of drug-likeness (QED) is 0.176. The van der Waals surface area contributed by atoms with Gasteiger partial charge in [-0.3, -0.25) is 0 Å². The van der Waals surface area contributed by atoms with Crippen LogP contribution < -0.4 is 62.0 Å². The first kappa shape index (κ1) is 32.5. The Balaban J connectivity index is -0.000000367. The second-order valence-electron chi connectivity index (χ2n) is 4.47. The zero-order valence-electron chi connectivity index (χ0n) is 13.1. The molecule has 0 unspecified atom stereocenters. The van der Waals surface area contributed by atoms with Crippen molar-refractivity contribution in [3.63, 3.8) is 0 Å². The van der Waals surface area contributed by atoms with E-state index in [2.05, 4.69) is 91.0 Å². The third-order valence-corrected chi connectivity index (χ3v) is 3.19. The smallest absolute Gasteiger partial charge is 1.00 e. The molecule has 0 bridgehead atoms. The van der Waals surface area contributed by atoms with Gasteiger partial charge in [-0.25, -0.2) is 0 Å². The van der Waals surface area contributed by atoms with Gasteiger partial charge in [0, 0.05) is 0 Å². The molecule has 0 saturated carbocycles. The maximum Gasteiger partial charge on any atom is 4.00 e. The zero-order chi connectivity index (χ0) is 12.9. The van der Waals surface area contributed by atoms with Crippen LogP contribution in [-0.2, 0) is 0 Å². The fourth-order valence-corrected chi connectivity index (χ4v) is 2.31. The molecule has 0 aliphatic heterocycles. The van der Waals surface area contributed by atoms with E-state index in [0.29, 0.717) is 0 Å². The summed E-state index contributed by atoms with van der Waals surface area (Å²) in [5.74, 6) is 1.28. The van der Waals surface area contributed by atoms with Crippen LogP contribution in [0.25, 0.3) is 0 Å². The third-order valence-electron chi connectivity index (χ3n) is 3.19. The van der Waals surface area contributed by atoms with E-state index in [4.69, 9.17) is 0 Å². The summed E-state index contributed by atoms with van der Waals surface area (Å²) in [6.45, 7) is 0. The van der Waals surface area contributed by atoms with Gasteiger partial charge >= 0.3 is 23.9 Å². The minimum absolute atomic E-state index is 0. The predicted octanol–water partition coefficient (Wildman–Crippen LogP) is -10.7. The molecule has 3 rings (SSSR count).